The Bertz CT molecular complexity index is 91.8. The molecule has 2 atom stereocenters. The molecule has 0 spiro atoms. The molecule has 1 rings (SSSR count). The highest BCUT2D eigenvalue weighted by Crippen LogP contribution is 2.06. The summed E-state index contributed by atoms with van der Waals surface area (Å²) in [5.74, 6) is 0. The highest BCUT2D eigenvalue weighted by atomic mass is 35.5. The molecule has 0 aromatic carbocycles. The maximum Gasteiger partial charge on any atom is 0.0981 e. The highest BCUT2D eigenvalue weighted by molar-refractivity contribution is 5.85. The maximum absolute atomic E-state index is 5.62. The summed E-state index contributed by atoms with van der Waals surface area (Å²) in [7, 11) is 0. The lowest BCUT2D eigenvalue weighted by Gasteiger charge is -2.11. The van der Waals surface area contributed by atoms with E-state index in [-0.39, 0.29) is 24.6 Å². The molecule has 1 saturated heterocycles. The molecule has 1 aliphatic rings. The topological polar surface area (TPSA) is 44.5 Å². The maximum atomic E-state index is 5.62. The minimum atomic E-state index is 0. The molecule has 3 nitrogen and oxygen atoms in total. The van der Waals surface area contributed by atoms with Crippen molar-refractivity contribution < 1.29 is 9.47 Å². The van der Waals surface area contributed by atoms with Crippen molar-refractivity contribution >= 4 is 12.4 Å². The van der Waals surface area contributed by atoms with Gasteiger partial charge in [-0.15, -0.1) is 12.4 Å². The fraction of sp³-hybridized carbons (Fsp3) is 1.00. The van der Waals surface area contributed by atoms with Gasteiger partial charge in [-0.3, -0.25) is 0 Å². The van der Waals surface area contributed by atoms with Crippen LogP contribution >= 0.6 is 12.4 Å². The van der Waals surface area contributed by atoms with E-state index < -0.39 is 0 Å². The predicted molar refractivity (Wildman–Crippen MR) is 41.5 cm³/mol. The summed E-state index contributed by atoms with van der Waals surface area (Å²) in [6.07, 6.45) is 0.134. The van der Waals surface area contributed by atoms with Gasteiger partial charge in [-0.1, -0.05) is 0 Å². The number of rotatable bonds is 2. The first-order chi connectivity index (χ1) is 4.34. The Labute approximate surface area is 67.3 Å². The van der Waals surface area contributed by atoms with E-state index in [1.165, 1.54) is 0 Å². The summed E-state index contributed by atoms with van der Waals surface area (Å²) in [5, 5.41) is 0. The minimum Gasteiger partial charge on any atom is -0.377 e. The first-order valence-corrected chi connectivity index (χ1v) is 3.29. The molecule has 0 aliphatic carbocycles. The van der Waals surface area contributed by atoms with Gasteiger partial charge in [0, 0.05) is 6.61 Å². The molecule has 0 unspecified atom stereocenters. The largest absolute Gasteiger partial charge is 0.377 e. The second kappa shape index (κ2) is 4.91. The Morgan fingerprint density at radius 3 is 2.70 bits per heavy atom. The molecule has 10 heavy (non-hydrogen) atoms. The lowest BCUT2D eigenvalue weighted by atomic mass is 10.2. The van der Waals surface area contributed by atoms with Gasteiger partial charge in [-0.05, 0) is 6.92 Å². The van der Waals surface area contributed by atoms with Gasteiger partial charge in [-0.25, -0.2) is 0 Å². The van der Waals surface area contributed by atoms with Crippen LogP contribution in [-0.4, -0.2) is 32.0 Å². The third kappa shape index (κ3) is 2.42. The van der Waals surface area contributed by atoms with Crippen LogP contribution in [0.4, 0.5) is 0 Å². The van der Waals surface area contributed by atoms with Gasteiger partial charge in [0.2, 0.25) is 0 Å². The number of hydrogen-bond donors (Lipinski definition) is 1. The van der Waals surface area contributed by atoms with Crippen LogP contribution in [0.5, 0.6) is 0 Å². The van der Waals surface area contributed by atoms with Crippen molar-refractivity contribution in [1.82, 2.24) is 0 Å². The molecule has 0 aromatic rings. The average molecular weight is 168 g/mol. The summed E-state index contributed by atoms with van der Waals surface area (Å²) >= 11 is 0. The fourth-order valence-corrected chi connectivity index (χ4v) is 0.937. The monoisotopic (exact) mass is 167 g/mol. The molecule has 62 valence electrons. The van der Waals surface area contributed by atoms with Crippen LogP contribution in [-0.2, 0) is 9.47 Å². The van der Waals surface area contributed by atoms with Crippen LogP contribution < -0.4 is 5.73 Å². The van der Waals surface area contributed by atoms with E-state index in [1.54, 1.807) is 0 Å². The summed E-state index contributed by atoms with van der Waals surface area (Å²) in [6.45, 7) is 3.99. The van der Waals surface area contributed by atoms with Crippen LogP contribution in [0.3, 0.4) is 0 Å². The number of hydrogen-bond acceptors (Lipinski definition) is 3. The molecular weight excluding hydrogens is 154 g/mol. The third-order valence-corrected chi connectivity index (χ3v) is 1.45. The molecule has 0 amide bonds. The number of nitrogens with two attached hydrogens (primary N) is 1. The summed E-state index contributed by atoms with van der Waals surface area (Å²) in [5.41, 5.74) is 5.62. The Kier molecular flexibility index (Phi) is 4.99. The Morgan fingerprint density at radius 1 is 1.60 bits per heavy atom. The smallest absolute Gasteiger partial charge is 0.0981 e. The standard InChI is InChI=1S/C6H13NO2.ClH/c1-2-9-6-4-8-3-5(6)7;/h5-6H,2-4,7H2,1H3;1H/t5-,6-;/m0./s1. The van der Waals surface area contributed by atoms with Crippen molar-refractivity contribution in [1.29, 1.82) is 0 Å². The van der Waals surface area contributed by atoms with Crippen molar-refractivity contribution in [2.75, 3.05) is 19.8 Å². The third-order valence-electron chi connectivity index (χ3n) is 1.45. The molecule has 4 heteroatoms. The first-order valence-electron chi connectivity index (χ1n) is 3.29. The quantitative estimate of drug-likeness (QED) is 0.638. The Balaban J connectivity index is 0.000000810. The van der Waals surface area contributed by atoms with Gasteiger partial charge >= 0.3 is 0 Å². The van der Waals surface area contributed by atoms with Crippen molar-refractivity contribution in [2.45, 2.75) is 19.1 Å². The lowest BCUT2D eigenvalue weighted by molar-refractivity contribution is 0.0458. The molecule has 0 aromatic heterocycles. The molecule has 0 saturated carbocycles. The zero-order chi connectivity index (χ0) is 6.69. The molecule has 0 radical (unpaired) electrons. The van der Waals surface area contributed by atoms with Gasteiger partial charge in [0.15, 0.2) is 0 Å². The molecule has 0 bridgehead atoms. The van der Waals surface area contributed by atoms with E-state index in [2.05, 4.69) is 0 Å². The van der Waals surface area contributed by atoms with E-state index in [9.17, 15) is 0 Å². The summed E-state index contributed by atoms with van der Waals surface area (Å²) in [6, 6.07) is 0.0879. The van der Waals surface area contributed by atoms with Gasteiger partial charge in [-0.2, -0.15) is 0 Å². The number of halogens is 1. The summed E-state index contributed by atoms with van der Waals surface area (Å²) < 4.78 is 10.3. The molecule has 1 fully saturated rings. The van der Waals surface area contributed by atoms with Crippen LogP contribution in [0, 0.1) is 0 Å². The van der Waals surface area contributed by atoms with Gasteiger partial charge in [0.1, 0.15) is 0 Å². The molecule has 1 aliphatic heterocycles. The molecule has 2 N–H and O–H groups in total. The minimum absolute atomic E-state index is 0. The normalized spacial score (nSPS) is 31.8. The van der Waals surface area contributed by atoms with E-state index in [4.69, 9.17) is 15.2 Å². The predicted octanol–water partition coefficient (Wildman–Crippen LogP) is 0.171. The summed E-state index contributed by atoms with van der Waals surface area (Å²) in [4.78, 5) is 0. The van der Waals surface area contributed by atoms with Crippen LogP contribution in [0.1, 0.15) is 6.92 Å². The van der Waals surface area contributed by atoms with Gasteiger partial charge in [0.05, 0.1) is 25.4 Å². The lowest BCUT2D eigenvalue weighted by Crippen LogP contribution is -2.35. The van der Waals surface area contributed by atoms with Crippen molar-refractivity contribution in [2.24, 2.45) is 5.73 Å². The van der Waals surface area contributed by atoms with Crippen molar-refractivity contribution in [3.63, 3.8) is 0 Å². The van der Waals surface area contributed by atoms with Gasteiger partial charge < -0.3 is 15.2 Å². The second-order valence-corrected chi connectivity index (χ2v) is 2.20. The van der Waals surface area contributed by atoms with E-state index in [1.807, 2.05) is 6.92 Å². The van der Waals surface area contributed by atoms with Crippen LogP contribution in [0.25, 0.3) is 0 Å². The Morgan fingerprint density at radius 2 is 2.30 bits per heavy atom. The zero-order valence-electron chi connectivity index (χ0n) is 6.08. The van der Waals surface area contributed by atoms with E-state index >= 15 is 0 Å². The van der Waals surface area contributed by atoms with E-state index in [0.29, 0.717) is 13.2 Å². The van der Waals surface area contributed by atoms with Gasteiger partial charge in [0.25, 0.3) is 0 Å². The SMILES string of the molecule is CCO[C@H]1COC[C@@H]1N.Cl. The highest BCUT2D eigenvalue weighted by Gasteiger charge is 2.24. The van der Waals surface area contributed by atoms with Crippen molar-refractivity contribution in [3.8, 4) is 0 Å². The average Bonchev–Trinajstić information content (AvgIpc) is 2.18. The number of ether oxygens (including phenoxy) is 2. The van der Waals surface area contributed by atoms with Crippen LogP contribution in [0.2, 0.25) is 0 Å². The Hall–Kier alpha value is 0.170. The van der Waals surface area contributed by atoms with Crippen molar-refractivity contribution in [3.05, 3.63) is 0 Å². The first kappa shape index (κ1) is 10.2. The van der Waals surface area contributed by atoms with E-state index in [0.717, 1.165) is 6.61 Å². The fourth-order valence-electron chi connectivity index (χ4n) is 0.937. The molecular formula is C6H14ClNO2. The molecule has 1 heterocycles. The van der Waals surface area contributed by atoms with Crippen LogP contribution in [0.15, 0.2) is 0 Å². The second-order valence-electron chi connectivity index (χ2n) is 2.20. The zero-order valence-corrected chi connectivity index (χ0v) is 6.89.